The van der Waals surface area contributed by atoms with Crippen molar-refractivity contribution in [1.29, 1.82) is 0 Å². The number of ether oxygens (including phenoxy) is 3. The molecule has 7 aliphatic rings. The molecule has 17 heteroatoms. The maximum atomic E-state index is 15.4. The van der Waals surface area contributed by atoms with E-state index < -0.39 is 58.6 Å². The van der Waals surface area contributed by atoms with Crippen LogP contribution in [0.4, 0.5) is 0 Å². The number of hydrogen-bond donors (Lipinski definition) is 3. The number of amides is 4. The minimum Gasteiger partial charge on any atom is -0.464 e. The van der Waals surface area contributed by atoms with Crippen molar-refractivity contribution in [3.63, 3.8) is 0 Å². The highest BCUT2D eigenvalue weighted by Gasteiger charge is 2.58. The van der Waals surface area contributed by atoms with Crippen LogP contribution in [0.25, 0.3) is 33.3 Å². The number of carbonyl (C=O) groups excluding carboxylic acids is 6. The fourth-order valence-corrected chi connectivity index (χ4v) is 13.5. The maximum Gasteiger partial charge on any atom is 0.324 e. The van der Waals surface area contributed by atoms with Crippen LogP contribution in [0.15, 0.2) is 54.7 Å². The third kappa shape index (κ3) is 10.5. The number of methoxy groups -OCH3 is 1. The van der Waals surface area contributed by atoms with Crippen LogP contribution in [-0.4, -0.2) is 130 Å². The van der Waals surface area contributed by atoms with Gasteiger partial charge in [0, 0.05) is 80.4 Å². The van der Waals surface area contributed by atoms with E-state index in [-0.39, 0.29) is 55.5 Å². The van der Waals surface area contributed by atoms with E-state index in [1.54, 1.807) is 38.1 Å². The second kappa shape index (κ2) is 21.5. The molecule has 1 spiro atoms. The molecule has 4 aromatic rings. The summed E-state index contributed by atoms with van der Waals surface area (Å²) in [5.74, 6) is -1.43. The highest BCUT2D eigenvalue weighted by molar-refractivity contribution is 5.97. The number of hydrogen-bond acceptors (Lipinski definition) is 12. The van der Waals surface area contributed by atoms with Crippen LogP contribution >= 0.6 is 0 Å². The molecule has 0 radical (unpaired) electrons. The standard InChI is InChI=1S/C61H78N8O9/c1-8-67-48-20-19-40-31-44(48)45(53(67)43-15-11-23-62-49(43)36(4)76-7)32-60(5,6)34-77-58(74)46-16-12-24-69(65-46)55(71)47(29-37-27-41(40)30-42(28-37)78-57(73)35(2)3)63-54(70)52(39-13-9-10-14-39)68-26-22-61(59(68)75)21-25-66(33-61)56(72)51-50(64-51)38-17-18-38/h11,15,19-20,23,27-28,30-31,35-36,38-39,46-47,50-52,64-65H,8-10,12-14,16-18,21-22,24-26,29,32-34H2,1-7H3,(H,63,70)/t36-,46-,47-,50?,51+,52?,61-/m0/s1. The topological polar surface area (TPSA) is 204 Å². The lowest BCUT2D eigenvalue weighted by molar-refractivity contribution is -0.155. The minimum absolute atomic E-state index is 0.000836. The molecule has 7 atom stereocenters. The van der Waals surface area contributed by atoms with Crippen LogP contribution in [-0.2, 0) is 57.6 Å². The van der Waals surface area contributed by atoms with Crippen molar-refractivity contribution in [3.05, 3.63) is 71.5 Å². The number of hydrazine groups is 1. The van der Waals surface area contributed by atoms with Gasteiger partial charge in [0.05, 0.1) is 35.4 Å². The first-order chi connectivity index (χ1) is 37.5. The molecule has 2 saturated carbocycles. The van der Waals surface area contributed by atoms with Crippen LogP contribution in [0.5, 0.6) is 5.75 Å². The first-order valence-electron chi connectivity index (χ1n) is 28.9. The van der Waals surface area contributed by atoms with Gasteiger partial charge in [-0.1, -0.05) is 52.7 Å². The molecule has 2 aliphatic carbocycles. The van der Waals surface area contributed by atoms with Gasteiger partial charge in [0.2, 0.25) is 17.7 Å². The first kappa shape index (κ1) is 53.8. The zero-order valence-electron chi connectivity index (χ0n) is 46.5. The third-order valence-corrected chi connectivity index (χ3v) is 18.0. The number of rotatable bonds is 12. The molecule has 7 heterocycles. The number of likely N-dealkylation sites (tertiary alicyclic amines) is 2. The van der Waals surface area contributed by atoms with E-state index in [4.69, 9.17) is 19.2 Å². The number of aryl methyl sites for hydroxylation is 1. The Morgan fingerprint density at radius 3 is 2.45 bits per heavy atom. The third-order valence-electron chi connectivity index (χ3n) is 18.0. The predicted molar refractivity (Wildman–Crippen MR) is 293 cm³/mol. The van der Waals surface area contributed by atoms with Gasteiger partial charge in [-0.2, -0.15) is 0 Å². The van der Waals surface area contributed by atoms with Crippen molar-refractivity contribution in [1.82, 2.24) is 40.4 Å². The van der Waals surface area contributed by atoms with E-state index in [1.807, 2.05) is 30.0 Å². The first-order valence-corrected chi connectivity index (χ1v) is 28.9. The Bertz CT molecular complexity index is 3010. The number of carbonyl (C=O) groups is 6. The maximum absolute atomic E-state index is 15.4. The van der Waals surface area contributed by atoms with Crippen molar-refractivity contribution in [2.75, 3.05) is 39.9 Å². The summed E-state index contributed by atoms with van der Waals surface area (Å²) in [7, 11) is 1.68. The van der Waals surface area contributed by atoms with Gasteiger partial charge in [0.1, 0.15) is 29.9 Å². The Morgan fingerprint density at radius 2 is 1.71 bits per heavy atom. The van der Waals surface area contributed by atoms with Crippen LogP contribution < -0.4 is 20.8 Å². The lowest BCUT2D eigenvalue weighted by atomic mass is 9.84. The van der Waals surface area contributed by atoms with E-state index in [0.29, 0.717) is 75.5 Å². The molecule has 416 valence electrons. The molecular formula is C61H78N8O9. The van der Waals surface area contributed by atoms with Crippen molar-refractivity contribution in [3.8, 4) is 28.1 Å². The summed E-state index contributed by atoms with van der Waals surface area (Å²) >= 11 is 0. The largest absolute Gasteiger partial charge is 0.464 e. The molecule has 78 heavy (non-hydrogen) atoms. The summed E-state index contributed by atoms with van der Waals surface area (Å²) < 4.78 is 20.5. The van der Waals surface area contributed by atoms with Gasteiger partial charge >= 0.3 is 11.9 Å². The van der Waals surface area contributed by atoms with Gasteiger partial charge in [0.15, 0.2) is 0 Å². The lowest BCUT2D eigenvalue weighted by Crippen LogP contribution is -2.62. The van der Waals surface area contributed by atoms with Crippen LogP contribution in [0, 0.1) is 28.6 Å². The molecule has 2 aromatic heterocycles. The quantitative estimate of drug-likeness (QED) is 0.0741. The lowest BCUT2D eigenvalue weighted by Gasteiger charge is -2.37. The molecule has 11 rings (SSSR count). The zero-order valence-corrected chi connectivity index (χ0v) is 46.5. The van der Waals surface area contributed by atoms with Gasteiger partial charge in [-0.05, 0) is 142 Å². The molecule has 2 unspecified atom stereocenters. The number of nitrogens with one attached hydrogen (secondary N) is 3. The number of benzene rings is 2. The number of aromatic nitrogens is 2. The molecule has 6 fully saturated rings. The summed E-state index contributed by atoms with van der Waals surface area (Å²) in [6.07, 6.45) is 9.74. The average molecular weight is 1070 g/mol. The van der Waals surface area contributed by atoms with Crippen molar-refractivity contribution in [2.24, 2.45) is 28.6 Å². The van der Waals surface area contributed by atoms with E-state index >= 15 is 9.59 Å². The number of esters is 2. The smallest absolute Gasteiger partial charge is 0.324 e. The second-order valence-electron chi connectivity index (χ2n) is 24.6. The Hall–Kier alpha value is -6.17. The summed E-state index contributed by atoms with van der Waals surface area (Å²) in [4.78, 5) is 95.4. The summed E-state index contributed by atoms with van der Waals surface area (Å²) in [5.41, 5.74) is 8.91. The van der Waals surface area contributed by atoms with Crippen molar-refractivity contribution >= 4 is 46.5 Å². The van der Waals surface area contributed by atoms with E-state index in [2.05, 4.69) is 65.7 Å². The van der Waals surface area contributed by atoms with Gasteiger partial charge in [-0.3, -0.25) is 44.1 Å². The average Bonchev–Trinajstić information content (AvgIpc) is 4.47. The zero-order chi connectivity index (χ0) is 54.8. The number of cyclic esters (lactones) is 1. The Labute approximate surface area is 457 Å². The molecule has 6 bridgehead atoms. The van der Waals surface area contributed by atoms with Crippen molar-refractivity contribution < 1.29 is 43.0 Å². The number of fused-ring (bicyclic) bond motifs is 6. The predicted octanol–water partition coefficient (Wildman–Crippen LogP) is 7.07. The van der Waals surface area contributed by atoms with Gasteiger partial charge in [0.25, 0.3) is 5.91 Å². The molecular weight excluding hydrogens is 989 g/mol. The fraction of sp³-hybridized carbons (Fsp3) is 0.590. The molecule has 3 N–H and O–H groups in total. The molecule has 5 aliphatic heterocycles. The highest BCUT2D eigenvalue weighted by atomic mass is 16.5. The van der Waals surface area contributed by atoms with Gasteiger partial charge < -0.3 is 33.9 Å². The van der Waals surface area contributed by atoms with Crippen molar-refractivity contribution in [2.45, 2.75) is 161 Å². The summed E-state index contributed by atoms with van der Waals surface area (Å²) in [6, 6.07) is 13.2. The summed E-state index contributed by atoms with van der Waals surface area (Å²) in [5, 5.41) is 9.04. The van der Waals surface area contributed by atoms with Crippen LogP contribution in [0.2, 0.25) is 0 Å². The van der Waals surface area contributed by atoms with E-state index in [9.17, 15) is 19.2 Å². The normalized spacial score (nSPS) is 26.4. The Morgan fingerprint density at radius 1 is 0.923 bits per heavy atom. The monoisotopic (exact) mass is 1070 g/mol. The molecule has 2 aromatic carbocycles. The van der Waals surface area contributed by atoms with E-state index in [0.717, 1.165) is 83.1 Å². The Balaban J connectivity index is 0.980. The molecule has 4 amide bonds. The number of pyridine rings is 1. The van der Waals surface area contributed by atoms with Gasteiger partial charge in [-0.15, -0.1) is 0 Å². The van der Waals surface area contributed by atoms with Crippen LogP contribution in [0.1, 0.15) is 129 Å². The van der Waals surface area contributed by atoms with Gasteiger partial charge in [-0.25, -0.2) is 5.43 Å². The Kier molecular flexibility index (Phi) is 14.8. The molecule has 17 nitrogen and oxygen atoms in total. The molecule has 4 saturated heterocycles. The second-order valence-corrected chi connectivity index (χ2v) is 24.6. The SMILES string of the molecule is CCn1c(-c2cccnc2[C@H](C)OC)c2c3cc(ccc31)-c1cc(cc(OC(=O)C(C)C)c1)C[C@H](NC(=O)C(C1CCCC1)N1CC[C@]3(CCN(C(=O)[C@@H]4NC4C4CC4)C3)C1=O)C(=O)N1CCC[C@H](N1)C(=O)OCC(C)(C)C2. The minimum atomic E-state index is -1.17. The highest BCUT2D eigenvalue weighted by Crippen LogP contribution is 2.47. The summed E-state index contributed by atoms with van der Waals surface area (Å²) in [6.45, 7) is 14.1. The number of nitrogens with zero attached hydrogens (tertiary/aromatic N) is 5. The van der Waals surface area contributed by atoms with Crippen LogP contribution in [0.3, 0.4) is 0 Å². The fourth-order valence-electron chi connectivity index (χ4n) is 13.5. The van der Waals surface area contributed by atoms with E-state index in [1.165, 1.54) is 5.01 Å².